The van der Waals surface area contributed by atoms with E-state index in [0.717, 1.165) is 19.3 Å². The first-order valence-corrected chi connectivity index (χ1v) is 7.22. The second kappa shape index (κ2) is 6.89. The van der Waals surface area contributed by atoms with Gasteiger partial charge in [-0.15, -0.1) is 0 Å². The Kier molecular flexibility index (Phi) is 5.79. The molecule has 19 heavy (non-hydrogen) atoms. The number of carboxylic acid groups (broad SMARTS) is 1. The molecule has 5 nitrogen and oxygen atoms in total. The summed E-state index contributed by atoms with van der Waals surface area (Å²) in [5.74, 6) is -1.02. The van der Waals surface area contributed by atoms with Crippen molar-refractivity contribution in [3.8, 4) is 0 Å². The third kappa shape index (κ3) is 3.47. The first-order chi connectivity index (χ1) is 9.00. The molecule has 0 aromatic carbocycles. The molecule has 2 unspecified atom stereocenters. The first kappa shape index (κ1) is 16.0. The SMILES string of the molecule is CCC(CC)(CN)C(=O)NCC1CCCC1C(=O)O. The van der Waals surface area contributed by atoms with Crippen molar-refractivity contribution in [2.45, 2.75) is 46.0 Å². The van der Waals surface area contributed by atoms with Crippen molar-refractivity contribution in [3.63, 3.8) is 0 Å². The van der Waals surface area contributed by atoms with E-state index < -0.39 is 11.4 Å². The number of hydrogen-bond acceptors (Lipinski definition) is 3. The zero-order valence-electron chi connectivity index (χ0n) is 11.9. The van der Waals surface area contributed by atoms with Crippen LogP contribution in [0.1, 0.15) is 46.0 Å². The number of rotatable bonds is 7. The van der Waals surface area contributed by atoms with Gasteiger partial charge < -0.3 is 16.2 Å². The molecule has 1 fully saturated rings. The minimum Gasteiger partial charge on any atom is -0.481 e. The summed E-state index contributed by atoms with van der Waals surface area (Å²) >= 11 is 0. The number of carbonyl (C=O) groups is 2. The lowest BCUT2D eigenvalue weighted by Crippen LogP contribution is -2.47. The first-order valence-electron chi connectivity index (χ1n) is 7.22. The number of carbonyl (C=O) groups excluding carboxylic acids is 1. The molecule has 110 valence electrons. The van der Waals surface area contributed by atoms with Crippen molar-refractivity contribution in [3.05, 3.63) is 0 Å². The van der Waals surface area contributed by atoms with Crippen LogP contribution in [0.2, 0.25) is 0 Å². The van der Waals surface area contributed by atoms with Crippen LogP contribution in [0.5, 0.6) is 0 Å². The number of amides is 1. The van der Waals surface area contributed by atoms with Crippen LogP contribution in [0.4, 0.5) is 0 Å². The molecule has 0 aromatic heterocycles. The molecule has 0 heterocycles. The molecule has 0 saturated heterocycles. The molecule has 1 aliphatic rings. The van der Waals surface area contributed by atoms with Gasteiger partial charge in [0.2, 0.25) is 5.91 Å². The lowest BCUT2D eigenvalue weighted by Gasteiger charge is -2.29. The largest absolute Gasteiger partial charge is 0.481 e. The van der Waals surface area contributed by atoms with Crippen molar-refractivity contribution in [2.24, 2.45) is 23.0 Å². The Morgan fingerprint density at radius 3 is 2.42 bits per heavy atom. The number of nitrogens with two attached hydrogens (primary N) is 1. The lowest BCUT2D eigenvalue weighted by atomic mass is 9.81. The fourth-order valence-corrected chi connectivity index (χ4v) is 2.97. The highest BCUT2D eigenvalue weighted by Crippen LogP contribution is 2.32. The van der Waals surface area contributed by atoms with Crippen molar-refractivity contribution < 1.29 is 14.7 Å². The highest BCUT2D eigenvalue weighted by Gasteiger charge is 2.36. The Bertz CT molecular complexity index is 318. The number of hydrogen-bond donors (Lipinski definition) is 3. The van der Waals surface area contributed by atoms with E-state index in [1.165, 1.54) is 0 Å². The summed E-state index contributed by atoms with van der Waals surface area (Å²) in [6.45, 7) is 4.72. The van der Waals surface area contributed by atoms with E-state index in [-0.39, 0.29) is 17.7 Å². The summed E-state index contributed by atoms with van der Waals surface area (Å²) in [6.07, 6.45) is 3.95. The molecule has 1 amide bonds. The van der Waals surface area contributed by atoms with Crippen LogP contribution in [-0.2, 0) is 9.59 Å². The van der Waals surface area contributed by atoms with E-state index in [1.54, 1.807) is 0 Å². The highest BCUT2D eigenvalue weighted by atomic mass is 16.4. The van der Waals surface area contributed by atoms with Gasteiger partial charge in [-0.3, -0.25) is 9.59 Å². The van der Waals surface area contributed by atoms with Crippen LogP contribution in [0.3, 0.4) is 0 Å². The number of carboxylic acids is 1. The van der Waals surface area contributed by atoms with E-state index in [4.69, 9.17) is 10.8 Å². The molecular formula is C14H26N2O3. The maximum Gasteiger partial charge on any atom is 0.306 e. The molecule has 1 rings (SSSR count). The summed E-state index contributed by atoms with van der Waals surface area (Å²) in [4.78, 5) is 23.3. The Hall–Kier alpha value is -1.10. The molecule has 0 bridgehead atoms. The maximum absolute atomic E-state index is 12.3. The summed E-state index contributed by atoms with van der Waals surface area (Å²) in [5, 5.41) is 12.0. The van der Waals surface area contributed by atoms with E-state index in [1.807, 2.05) is 13.8 Å². The Morgan fingerprint density at radius 1 is 1.32 bits per heavy atom. The van der Waals surface area contributed by atoms with Crippen LogP contribution in [-0.4, -0.2) is 30.1 Å². The molecule has 0 aromatic rings. The Morgan fingerprint density at radius 2 is 1.95 bits per heavy atom. The van der Waals surface area contributed by atoms with Gasteiger partial charge in [-0.05, 0) is 31.6 Å². The summed E-state index contributed by atoms with van der Waals surface area (Å²) in [7, 11) is 0. The van der Waals surface area contributed by atoms with Gasteiger partial charge in [0, 0.05) is 13.1 Å². The zero-order valence-corrected chi connectivity index (χ0v) is 11.9. The summed E-state index contributed by atoms with van der Waals surface area (Å²) < 4.78 is 0. The van der Waals surface area contributed by atoms with Crippen molar-refractivity contribution >= 4 is 11.9 Å². The highest BCUT2D eigenvalue weighted by molar-refractivity contribution is 5.82. The van der Waals surface area contributed by atoms with Gasteiger partial charge in [0.15, 0.2) is 0 Å². The van der Waals surface area contributed by atoms with Gasteiger partial charge in [-0.25, -0.2) is 0 Å². The van der Waals surface area contributed by atoms with Gasteiger partial charge >= 0.3 is 5.97 Å². The van der Waals surface area contributed by atoms with E-state index in [0.29, 0.717) is 25.9 Å². The predicted molar refractivity (Wildman–Crippen MR) is 73.5 cm³/mol. The number of aliphatic carboxylic acids is 1. The second-order valence-electron chi connectivity index (χ2n) is 5.54. The minimum atomic E-state index is -0.743. The maximum atomic E-state index is 12.3. The average molecular weight is 270 g/mol. The fraction of sp³-hybridized carbons (Fsp3) is 0.857. The average Bonchev–Trinajstić information content (AvgIpc) is 2.87. The standard InChI is InChI=1S/C14H26N2O3/c1-3-14(4-2,9-15)13(19)16-8-10-6-5-7-11(10)12(17)18/h10-11H,3-9,15H2,1-2H3,(H,16,19)(H,17,18). The zero-order chi connectivity index (χ0) is 14.5. The predicted octanol–water partition coefficient (Wildman–Crippen LogP) is 1.37. The molecule has 0 radical (unpaired) electrons. The normalized spacial score (nSPS) is 23.3. The van der Waals surface area contributed by atoms with Crippen LogP contribution in [0, 0.1) is 17.3 Å². The quantitative estimate of drug-likeness (QED) is 0.651. The van der Waals surface area contributed by atoms with Gasteiger partial charge in [-0.1, -0.05) is 20.3 Å². The summed E-state index contributed by atoms with van der Waals surface area (Å²) in [5.41, 5.74) is 5.23. The van der Waals surface area contributed by atoms with Crippen LogP contribution in [0.25, 0.3) is 0 Å². The lowest BCUT2D eigenvalue weighted by molar-refractivity contribution is -0.143. The molecule has 1 aliphatic carbocycles. The fourth-order valence-electron chi connectivity index (χ4n) is 2.97. The second-order valence-corrected chi connectivity index (χ2v) is 5.54. The molecule has 0 spiro atoms. The van der Waals surface area contributed by atoms with Gasteiger partial charge in [-0.2, -0.15) is 0 Å². The molecule has 4 N–H and O–H groups in total. The van der Waals surface area contributed by atoms with Crippen LogP contribution >= 0.6 is 0 Å². The van der Waals surface area contributed by atoms with Crippen LogP contribution < -0.4 is 11.1 Å². The van der Waals surface area contributed by atoms with Crippen molar-refractivity contribution in [1.29, 1.82) is 0 Å². The third-order valence-electron chi connectivity index (χ3n) is 4.73. The molecule has 5 heteroatoms. The van der Waals surface area contributed by atoms with E-state index >= 15 is 0 Å². The minimum absolute atomic E-state index is 0.0314. The van der Waals surface area contributed by atoms with Crippen LogP contribution in [0.15, 0.2) is 0 Å². The Labute approximate surface area is 114 Å². The smallest absolute Gasteiger partial charge is 0.306 e. The number of nitrogens with one attached hydrogen (secondary N) is 1. The molecule has 2 atom stereocenters. The third-order valence-corrected chi connectivity index (χ3v) is 4.73. The molecule has 0 aliphatic heterocycles. The van der Waals surface area contributed by atoms with E-state index in [2.05, 4.69) is 5.32 Å². The summed E-state index contributed by atoms with van der Waals surface area (Å²) in [6, 6.07) is 0. The van der Waals surface area contributed by atoms with Gasteiger partial charge in [0.25, 0.3) is 0 Å². The van der Waals surface area contributed by atoms with E-state index in [9.17, 15) is 9.59 Å². The topological polar surface area (TPSA) is 92.4 Å². The molecular weight excluding hydrogens is 244 g/mol. The van der Waals surface area contributed by atoms with Gasteiger partial charge in [0.05, 0.1) is 11.3 Å². The molecule has 1 saturated carbocycles. The van der Waals surface area contributed by atoms with Crippen molar-refractivity contribution in [2.75, 3.05) is 13.1 Å². The van der Waals surface area contributed by atoms with Gasteiger partial charge in [0.1, 0.15) is 0 Å². The monoisotopic (exact) mass is 270 g/mol. The van der Waals surface area contributed by atoms with Crippen molar-refractivity contribution in [1.82, 2.24) is 5.32 Å². The Balaban J connectivity index is 2.56.